The van der Waals surface area contributed by atoms with Gasteiger partial charge in [-0.05, 0) is 62.3 Å². The number of likely N-dealkylation sites (N-methyl/N-ethyl adjacent to an activating group) is 1. The maximum atomic E-state index is 12.9. The van der Waals surface area contributed by atoms with E-state index in [0.29, 0.717) is 17.9 Å². The number of benzene rings is 2. The fourth-order valence-corrected chi connectivity index (χ4v) is 5.45. The van der Waals surface area contributed by atoms with Crippen LogP contribution in [0, 0.1) is 18.4 Å². The molecular weight excluding hydrogens is 424 g/mol. The van der Waals surface area contributed by atoms with E-state index >= 15 is 0 Å². The number of rotatable bonds is 7. The van der Waals surface area contributed by atoms with Gasteiger partial charge in [0.15, 0.2) is 0 Å². The first-order chi connectivity index (χ1) is 16.6. The molecule has 1 saturated heterocycles. The number of carbonyl (C=O) groups is 2. The second-order valence-corrected chi connectivity index (χ2v) is 9.39. The molecule has 2 aromatic carbocycles. The summed E-state index contributed by atoms with van der Waals surface area (Å²) in [6.07, 6.45) is 5.91. The lowest BCUT2D eigenvalue weighted by Crippen LogP contribution is -2.40. The van der Waals surface area contributed by atoms with Gasteiger partial charge in [0.05, 0.1) is 12.5 Å². The van der Waals surface area contributed by atoms with Gasteiger partial charge in [0.1, 0.15) is 0 Å². The minimum atomic E-state index is -0.156. The molecule has 6 heteroatoms. The Morgan fingerprint density at radius 3 is 2.41 bits per heavy atom. The van der Waals surface area contributed by atoms with Crippen molar-refractivity contribution in [3.63, 3.8) is 0 Å². The first-order valence-electron chi connectivity index (χ1n) is 12.5. The van der Waals surface area contributed by atoms with E-state index in [1.165, 1.54) is 0 Å². The molecule has 0 spiro atoms. The molecule has 1 aliphatic heterocycles. The average molecular weight is 459 g/mol. The molecular formula is C28H34N4O2. The third-order valence-corrected chi connectivity index (χ3v) is 7.23. The fraction of sp³-hybridized carbons (Fsp3) is 0.464. The largest absolute Gasteiger partial charge is 0.380 e. The van der Waals surface area contributed by atoms with Crippen molar-refractivity contribution in [2.75, 3.05) is 29.9 Å². The number of nitrogens with zero attached hydrogens (tertiary/aromatic N) is 2. The van der Waals surface area contributed by atoms with Crippen LogP contribution in [0.1, 0.15) is 56.9 Å². The van der Waals surface area contributed by atoms with Gasteiger partial charge in [-0.1, -0.05) is 43.2 Å². The predicted molar refractivity (Wildman–Crippen MR) is 136 cm³/mol. The van der Waals surface area contributed by atoms with Crippen LogP contribution in [0.2, 0.25) is 0 Å². The summed E-state index contributed by atoms with van der Waals surface area (Å²) in [5.74, 6) is 0.358. The first kappa shape index (κ1) is 23.8. The number of carbonyl (C=O) groups excluding carboxylic acids is 2. The van der Waals surface area contributed by atoms with Gasteiger partial charge in [-0.3, -0.25) is 9.59 Å². The zero-order valence-corrected chi connectivity index (χ0v) is 19.9. The van der Waals surface area contributed by atoms with E-state index in [2.05, 4.69) is 20.4 Å². The van der Waals surface area contributed by atoms with Crippen LogP contribution in [0.15, 0.2) is 48.5 Å². The molecule has 0 aromatic heterocycles. The van der Waals surface area contributed by atoms with Crippen LogP contribution in [0.4, 0.5) is 17.1 Å². The molecule has 0 bridgehead atoms. The number of amides is 2. The summed E-state index contributed by atoms with van der Waals surface area (Å²) in [7, 11) is 0. The predicted octanol–water partition coefficient (Wildman–Crippen LogP) is 5.50. The standard InChI is InChI=1S/C28H34N4O2/c1-3-30-28(34)26(20-9-5-4-6-10-20)21-15-17-32(18-16-21)25-14-13-23(19-24(25)29-2)31-27(33)22-11-7-8-12-22/h4-6,9-10,13-14,19,21-22,26H,3,7-8,11-12,15-18H2,1H3,(H,30,34)(H,31,33). The van der Waals surface area contributed by atoms with Gasteiger partial charge >= 0.3 is 0 Å². The molecule has 1 atom stereocenters. The maximum absolute atomic E-state index is 12.9. The highest BCUT2D eigenvalue weighted by Crippen LogP contribution is 2.38. The topological polar surface area (TPSA) is 65.8 Å². The summed E-state index contributed by atoms with van der Waals surface area (Å²) >= 11 is 0. The van der Waals surface area contributed by atoms with Crippen molar-refractivity contribution >= 4 is 28.9 Å². The lowest BCUT2D eigenvalue weighted by Gasteiger charge is -2.37. The van der Waals surface area contributed by atoms with Gasteiger partial charge in [0.25, 0.3) is 0 Å². The summed E-state index contributed by atoms with van der Waals surface area (Å²) in [5, 5.41) is 6.03. The number of hydrogen-bond donors (Lipinski definition) is 2. The zero-order valence-electron chi connectivity index (χ0n) is 19.9. The van der Waals surface area contributed by atoms with Gasteiger partial charge in [-0.25, -0.2) is 4.85 Å². The number of anilines is 2. The molecule has 1 heterocycles. The Balaban J connectivity index is 1.44. The third kappa shape index (κ3) is 5.41. The van der Waals surface area contributed by atoms with Crippen LogP contribution in [0.5, 0.6) is 0 Å². The molecule has 1 saturated carbocycles. The molecule has 34 heavy (non-hydrogen) atoms. The molecule has 6 nitrogen and oxygen atoms in total. The third-order valence-electron chi connectivity index (χ3n) is 7.23. The highest BCUT2D eigenvalue weighted by Gasteiger charge is 2.33. The van der Waals surface area contributed by atoms with Crippen molar-refractivity contribution in [1.82, 2.24) is 5.32 Å². The summed E-state index contributed by atoms with van der Waals surface area (Å²) < 4.78 is 0. The number of piperidine rings is 1. The van der Waals surface area contributed by atoms with E-state index in [1.807, 2.05) is 49.4 Å². The Labute approximate surface area is 202 Å². The van der Waals surface area contributed by atoms with Crippen molar-refractivity contribution in [2.45, 2.75) is 51.4 Å². The van der Waals surface area contributed by atoms with E-state index in [0.717, 1.165) is 62.9 Å². The van der Waals surface area contributed by atoms with E-state index in [9.17, 15) is 9.59 Å². The van der Waals surface area contributed by atoms with E-state index in [-0.39, 0.29) is 29.6 Å². The highest BCUT2D eigenvalue weighted by molar-refractivity contribution is 5.94. The minimum Gasteiger partial charge on any atom is -0.380 e. The molecule has 178 valence electrons. The number of nitrogens with one attached hydrogen (secondary N) is 2. The van der Waals surface area contributed by atoms with Gasteiger partial charge in [0.2, 0.25) is 17.5 Å². The molecule has 2 N–H and O–H groups in total. The minimum absolute atomic E-state index is 0.0688. The Morgan fingerprint density at radius 1 is 1.06 bits per heavy atom. The molecule has 2 fully saturated rings. The highest BCUT2D eigenvalue weighted by atomic mass is 16.2. The van der Waals surface area contributed by atoms with Crippen molar-refractivity contribution in [3.8, 4) is 0 Å². The average Bonchev–Trinajstić information content (AvgIpc) is 3.41. The fourth-order valence-electron chi connectivity index (χ4n) is 5.45. The van der Waals surface area contributed by atoms with Crippen molar-refractivity contribution < 1.29 is 9.59 Å². The number of hydrogen-bond acceptors (Lipinski definition) is 3. The van der Waals surface area contributed by atoms with Crippen LogP contribution in [0.25, 0.3) is 4.85 Å². The normalized spacial score (nSPS) is 17.7. The van der Waals surface area contributed by atoms with Crippen molar-refractivity contribution in [2.24, 2.45) is 11.8 Å². The second-order valence-electron chi connectivity index (χ2n) is 9.39. The van der Waals surface area contributed by atoms with E-state index < -0.39 is 0 Å². The monoisotopic (exact) mass is 458 g/mol. The SMILES string of the molecule is [C-]#[N+]c1cc(NC(=O)C2CCCC2)ccc1N1CCC(C(C(=O)NCC)c2ccccc2)CC1. The Bertz CT molecular complexity index is 1030. The molecule has 2 aliphatic rings. The van der Waals surface area contributed by atoms with Gasteiger partial charge in [-0.15, -0.1) is 0 Å². The lowest BCUT2D eigenvalue weighted by atomic mass is 9.79. The van der Waals surface area contributed by atoms with E-state index in [4.69, 9.17) is 6.57 Å². The van der Waals surface area contributed by atoms with E-state index in [1.54, 1.807) is 6.07 Å². The van der Waals surface area contributed by atoms with Crippen LogP contribution < -0.4 is 15.5 Å². The van der Waals surface area contributed by atoms with Crippen molar-refractivity contribution in [1.29, 1.82) is 0 Å². The molecule has 1 unspecified atom stereocenters. The Morgan fingerprint density at radius 2 is 1.76 bits per heavy atom. The van der Waals surface area contributed by atoms with Gasteiger partial charge < -0.3 is 15.5 Å². The van der Waals surface area contributed by atoms with Crippen LogP contribution >= 0.6 is 0 Å². The van der Waals surface area contributed by atoms with Gasteiger partial charge in [-0.2, -0.15) is 0 Å². The molecule has 2 amide bonds. The summed E-state index contributed by atoms with van der Waals surface area (Å²) in [6, 6.07) is 15.7. The molecule has 4 rings (SSSR count). The van der Waals surface area contributed by atoms with Crippen LogP contribution in [-0.4, -0.2) is 31.4 Å². The summed E-state index contributed by atoms with van der Waals surface area (Å²) in [5.41, 5.74) is 3.23. The van der Waals surface area contributed by atoms with Gasteiger partial charge in [0, 0.05) is 36.9 Å². The smallest absolute Gasteiger partial charge is 0.227 e. The first-order valence-corrected chi connectivity index (χ1v) is 12.5. The quantitative estimate of drug-likeness (QED) is 0.538. The zero-order chi connectivity index (χ0) is 23.9. The summed E-state index contributed by atoms with van der Waals surface area (Å²) in [6.45, 7) is 11.9. The maximum Gasteiger partial charge on any atom is 0.227 e. The Hall–Kier alpha value is -3.33. The molecule has 1 aliphatic carbocycles. The second kappa shape index (κ2) is 11.2. The molecule has 2 aromatic rings. The molecule has 0 radical (unpaired) electrons. The lowest BCUT2D eigenvalue weighted by molar-refractivity contribution is -0.124. The summed E-state index contributed by atoms with van der Waals surface area (Å²) in [4.78, 5) is 31.4. The Kier molecular flexibility index (Phi) is 7.84. The van der Waals surface area contributed by atoms with Crippen molar-refractivity contribution in [3.05, 3.63) is 65.5 Å². The van der Waals surface area contributed by atoms with Crippen LogP contribution in [0.3, 0.4) is 0 Å². The van der Waals surface area contributed by atoms with Crippen LogP contribution in [-0.2, 0) is 9.59 Å².